The first-order chi connectivity index (χ1) is 9.19. The number of nitrogens with one attached hydrogen (secondary N) is 1. The molecule has 0 amide bonds. The molecule has 1 heterocycles. The third-order valence-electron chi connectivity index (χ3n) is 2.32. The Morgan fingerprint density at radius 3 is 2.47 bits per heavy atom. The molecule has 0 aliphatic rings. The van der Waals surface area contributed by atoms with Crippen LogP contribution in [-0.2, 0) is 0 Å². The molecule has 5 heteroatoms. The van der Waals surface area contributed by atoms with Gasteiger partial charge in [-0.1, -0.05) is 30.3 Å². The third kappa shape index (κ3) is 3.64. The van der Waals surface area contributed by atoms with Crippen LogP contribution in [0.15, 0.2) is 30.3 Å². The van der Waals surface area contributed by atoms with E-state index in [0.29, 0.717) is 17.8 Å². The van der Waals surface area contributed by atoms with Crippen LogP contribution in [0, 0.1) is 0 Å². The quantitative estimate of drug-likeness (QED) is 0.893. The second-order valence-corrected chi connectivity index (χ2v) is 4.33. The molecule has 0 unspecified atom stereocenters. The average Bonchev–Trinajstić information content (AvgIpc) is 2.39. The molecule has 0 fully saturated rings. The monoisotopic (exact) mass is 258 g/mol. The third-order valence-corrected chi connectivity index (χ3v) is 2.32. The highest BCUT2D eigenvalue weighted by Crippen LogP contribution is 2.18. The van der Waals surface area contributed by atoms with E-state index in [0.717, 1.165) is 12.1 Å². The van der Waals surface area contributed by atoms with Crippen molar-refractivity contribution in [2.24, 2.45) is 0 Å². The highest BCUT2D eigenvalue weighted by molar-refractivity contribution is 5.56. The van der Waals surface area contributed by atoms with Gasteiger partial charge in [-0.2, -0.15) is 15.0 Å². The normalized spacial score (nSPS) is 10.5. The van der Waals surface area contributed by atoms with Gasteiger partial charge < -0.3 is 10.1 Å². The first kappa shape index (κ1) is 13.3. The largest absolute Gasteiger partial charge is 0.461 e. The van der Waals surface area contributed by atoms with Crippen LogP contribution in [0.5, 0.6) is 6.01 Å². The summed E-state index contributed by atoms with van der Waals surface area (Å²) >= 11 is 0. The van der Waals surface area contributed by atoms with Gasteiger partial charge in [-0.05, 0) is 20.8 Å². The minimum absolute atomic E-state index is 0.0282. The van der Waals surface area contributed by atoms with Gasteiger partial charge >= 0.3 is 6.01 Å². The van der Waals surface area contributed by atoms with Gasteiger partial charge in [-0.3, -0.25) is 0 Å². The van der Waals surface area contributed by atoms with Crippen LogP contribution in [-0.4, -0.2) is 27.6 Å². The van der Waals surface area contributed by atoms with Crippen molar-refractivity contribution in [3.05, 3.63) is 30.3 Å². The van der Waals surface area contributed by atoms with Crippen LogP contribution in [0.2, 0.25) is 0 Å². The maximum Gasteiger partial charge on any atom is 0.322 e. The molecule has 0 bridgehead atoms. The van der Waals surface area contributed by atoms with Crippen molar-refractivity contribution >= 4 is 5.95 Å². The summed E-state index contributed by atoms with van der Waals surface area (Å²) in [5.41, 5.74) is 0.942. The number of hydrogen-bond donors (Lipinski definition) is 1. The number of nitrogens with zero attached hydrogens (tertiary/aromatic N) is 3. The van der Waals surface area contributed by atoms with E-state index in [1.165, 1.54) is 0 Å². The van der Waals surface area contributed by atoms with Crippen molar-refractivity contribution < 1.29 is 4.74 Å². The number of benzene rings is 1. The van der Waals surface area contributed by atoms with Crippen molar-refractivity contribution in [2.45, 2.75) is 26.9 Å². The summed E-state index contributed by atoms with van der Waals surface area (Å²) < 4.78 is 5.56. The maximum atomic E-state index is 5.56. The van der Waals surface area contributed by atoms with Crippen LogP contribution in [0.1, 0.15) is 20.8 Å². The summed E-state index contributed by atoms with van der Waals surface area (Å²) in [7, 11) is 0. The molecule has 1 aromatic heterocycles. The van der Waals surface area contributed by atoms with Gasteiger partial charge in [0.1, 0.15) is 0 Å². The Hall–Kier alpha value is -2.17. The Morgan fingerprint density at radius 1 is 1.11 bits per heavy atom. The molecule has 0 spiro atoms. The summed E-state index contributed by atoms with van der Waals surface area (Å²) in [6.07, 6.45) is 0.0282. The summed E-state index contributed by atoms with van der Waals surface area (Å²) in [5.74, 6) is 1.15. The predicted octanol–water partition coefficient (Wildman–Crippen LogP) is 2.76. The average molecular weight is 258 g/mol. The SMILES string of the molecule is CCNc1nc(OC(C)C)nc(-c2ccccc2)n1. The van der Waals surface area contributed by atoms with E-state index in [2.05, 4.69) is 20.3 Å². The molecule has 0 aliphatic carbocycles. The van der Waals surface area contributed by atoms with Crippen LogP contribution < -0.4 is 10.1 Å². The van der Waals surface area contributed by atoms with E-state index in [4.69, 9.17) is 4.74 Å². The van der Waals surface area contributed by atoms with Crippen LogP contribution in [0.3, 0.4) is 0 Å². The van der Waals surface area contributed by atoms with Gasteiger partial charge in [0.15, 0.2) is 5.82 Å². The van der Waals surface area contributed by atoms with Gasteiger partial charge in [-0.25, -0.2) is 0 Å². The van der Waals surface area contributed by atoms with Crippen molar-refractivity contribution in [2.75, 3.05) is 11.9 Å². The standard InChI is InChI=1S/C14H18N4O/c1-4-15-13-16-12(11-8-6-5-7-9-11)17-14(18-13)19-10(2)3/h5-10H,4H2,1-3H3,(H,15,16,17,18). The molecule has 0 saturated heterocycles. The zero-order valence-corrected chi connectivity index (χ0v) is 11.4. The Morgan fingerprint density at radius 2 is 1.84 bits per heavy atom. The highest BCUT2D eigenvalue weighted by atomic mass is 16.5. The molecular formula is C14H18N4O. The molecule has 2 aromatic rings. The van der Waals surface area contributed by atoms with Gasteiger partial charge in [0.25, 0.3) is 0 Å². The highest BCUT2D eigenvalue weighted by Gasteiger charge is 2.09. The summed E-state index contributed by atoms with van der Waals surface area (Å²) in [6, 6.07) is 10.1. The Labute approximate surface area is 113 Å². The number of ether oxygens (including phenoxy) is 1. The second-order valence-electron chi connectivity index (χ2n) is 4.33. The van der Waals surface area contributed by atoms with Gasteiger partial charge in [0.2, 0.25) is 5.95 Å². The molecule has 0 aliphatic heterocycles. The first-order valence-electron chi connectivity index (χ1n) is 6.41. The van der Waals surface area contributed by atoms with E-state index in [-0.39, 0.29) is 6.10 Å². The molecule has 19 heavy (non-hydrogen) atoms. The number of hydrogen-bond acceptors (Lipinski definition) is 5. The minimum atomic E-state index is 0.0282. The van der Waals surface area contributed by atoms with Crippen LogP contribution >= 0.6 is 0 Å². The van der Waals surface area contributed by atoms with E-state index < -0.39 is 0 Å². The van der Waals surface area contributed by atoms with Crippen molar-refractivity contribution in [3.63, 3.8) is 0 Å². The second kappa shape index (κ2) is 6.13. The van der Waals surface area contributed by atoms with Gasteiger partial charge in [-0.15, -0.1) is 0 Å². The zero-order valence-electron chi connectivity index (χ0n) is 11.4. The van der Waals surface area contributed by atoms with Crippen LogP contribution in [0.25, 0.3) is 11.4 Å². The molecule has 5 nitrogen and oxygen atoms in total. The fourth-order valence-corrected chi connectivity index (χ4v) is 1.57. The number of rotatable bonds is 5. The van der Waals surface area contributed by atoms with Crippen molar-refractivity contribution in [1.82, 2.24) is 15.0 Å². The van der Waals surface area contributed by atoms with E-state index >= 15 is 0 Å². The summed E-state index contributed by atoms with van der Waals surface area (Å²) in [6.45, 7) is 6.63. The van der Waals surface area contributed by atoms with E-state index in [9.17, 15) is 0 Å². The molecule has 0 saturated carbocycles. The lowest BCUT2D eigenvalue weighted by Crippen LogP contribution is -2.12. The fraction of sp³-hybridized carbons (Fsp3) is 0.357. The number of aromatic nitrogens is 3. The minimum Gasteiger partial charge on any atom is -0.461 e. The molecule has 2 rings (SSSR count). The summed E-state index contributed by atoms with van der Waals surface area (Å²) in [5, 5.41) is 3.09. The lowest BCUT2D eigenvalue weighted by Gasteiger charge is -2.10. The lowest BCUT2D eigenvalue weighted by molar-refractivity contribution is 0.222. The molecule has 0 atom stereocenters. The predicted molar refractivity (Wildman–Crippen MR) is 75.2 cm³/mol. The zero-order chi connectivity index (χ0) is 13.7. The van der Waals surface area contributed by atoms with Crippen molar-refractivity contribution in [3.8, 4) is 17.4 Å². The Kier molecular flexibility index (Phi) is 4.28. The lowest BCUT2D eigenvalue weighted by atomic mass is 10.2. The fourth-order valence-electron chi connectivity index (χ4n) is 1.57. The smallest absolute Gasteiger partial charge is 0.322 e. The Bertz CT molecular complexity index is 528. The topological polar surface area (TPSA) is 59.9 Å². The maximum absolute atomic E-state index is 5.56. The van der Waals surface area contributed by atoms with Gasteiger partial charge in [0.05, 0.1) is 6.10 Å². The van der Waals surface area contributed by atoms with Gasteiger partial charge in [0, 0.05) is 12.1 Å². The number of anilines is 1. The molecule has 100 valence electrons. The molecular weight excluding hydrogens is 240 g/mol. The Balaban J connectivity index is 2.39. The molecule has 1 N–H and O–H groups in total. The van der Waals surface area contributed by atoms with Crippen LogP contribution in [0.4, 0.5) is 5.95 Å². The van der Waals surface area contributed by atoms with E-state index in [1.54, 1.807) is 0 Å². The van der Waals surface area contributed by atoms with E-state index in [1.807, 2.05) is 51.1 Å². The van der Waals surface area contributed by atoms with Crippen molar-refractivity contribution in [1.29, 1.82) is 0 Å². The molecule has 0 radical (unpaired) electrons. The molecule has 1 aromatic carbocycles. The summed E-state index contributed by atoms with van der Waals surface area (Å²) in [4.78, 5) is 13.0. The first-order valence-corrected chi connectivity index (χ1v) is 6.41.